The average molecular weight is 584 g/mol. The van der Waals surface area contributed by atoms with Gasteiger partial charge in [-0.3, -0.25) is 13.9 Å². The van der Waals surface area contributed by atoms with Crippen LogP contribution in [0.2, 0.25) is 5.02 Å². The molecule has 40 heavy (non-hydrogen) atoms. The van der Waals surface area contributed by atoms with Crippen LogP contribution in [0, 0.1) is 20.8 Å². The molecule has 0 aliphatic rings. The van der Waals surface area contributed by atoms with Gasteiger partial charge in [-0.1, -0.05) is 60.8 Å². The summed E-state index contributed by atoms with van der Waals surface area (Å²) in [4.78, 5) is 28.5. The number of aryl methyl sites for hydroxylation is 3. The summed E-state index contributed by atoms with van der Waals surface area (Å²) in [6.07, 6.45) is 1.75. The van der Waals surface area contributed by atoms with Gasteiger partial charge in [0, 0.05) is 18.1 Å². The van der Waals surface area contributed by atoms with Gasteiger partial charge in [0.05, 0.1) is 10.6 Å². The molecule has 3 aromatic rings. The van der Waals surface area contributed by atoms with E-state index < -0.39 is 28.5 Å². The van der Waals surface area contributed by atoms with Crippen LogP contribution in [0.1, 0.15) is 48.9 Å². The van der Waals surface area contributed by atoms with Crippen LogP contribution >= 0.6 is 11.6 Å². The number of nitrogens with one attached hydrogen (secondary N) is 1. The Kier molecular flexibility index (Phi) is 10.8. The van der Waals surface area contributed by atoms with Crippen molar-refractivity contribution in [3.8, 4) is 0 Å². The number of rotatable bonds is 12. The van der Waals surface area contributed by atoms with E-state index in [0.29, 0.717) is 17.3 Å². The number of nitrogens with zero attached hydrogens (tertiary/aromatic N) is 2. The maximum absolute atomic E-state index is 14.0. The molecule has 0 unspecified atom stereocenters. The molecule has 1 atom stereocenters. The Hall–Kier alpha value is -3.36. The minimum atomic E-state index is -4.14. The number of hydrogen-bond acceptors (Lipinski definition) is 4. The fourth-order valence-corrected chi connectivity index (χ4v) is 5.68. The second kappa shape index (κ2) is 13.8. The molecule has 0 fully saturated rings. The Bertz CT molecular complexity index is 1420. The number of unbranched alkanes of at least 4 members (excludes halogenated alkanes) is 1. The zero-order valence-corrected chi connectivity index (χ0v) is 25.3. The maximum Gasteiger partial charge on any atom is 0.264 e. The average Bonchev–Trinajstić information content (AvgIpc) is 2.92. The predicted octanol–water partition coefficient (Wildman–Crippen LogP) is 5.79. The molecule has 0 spiro atoms. The Balaban J connectivity index is 2.02. The van der Waals surface area contributed by atoms with Gasteiger partial charge in [-0.15, -0.1) is 0 Å². The van der Waals surface area contributed by atoms with Crippen molar-refractivity contribution >= 4 is 39.1 Å². The van der Waals surface area contributed by atoms with Crippen molar-refractivity contribution in [2.24, 2.45) is 0 Å². The summed E-state index contributed by atoms with van der Waals surface area (Å²) in [6.45, 7) is 9.68. The smallest absolute Gasteiger partial charge is 0.264 e. The van der Waals surface area contributed by atoms with Crippen LogP contribution in [-0.4, -0.2) is 44.3 Å². The number of carbonyl (C=O) groups is 2. The van der Waals surface area contributed by atoms with Crippen molar-refractivity contribution in [3.05, 3.63) is 94.0 Å². The summed E-state index contributed by atoms with van der Waals surface area (Å²) in [5, 5.41) is 3.30. The molecule has 0 bridgehead atoms. The minimum absolute atomic E-state index is 0.0124. The number of carbonyl (C=O) groups excluding carboxylic acids is 2. The highest BCUT2D eigenvalue weighted by Gasteiger charge is 2.32. The molecule has 214 valence electrons. The van der Waals surface area contributed by atoms with Crippen LogP contribution in [0.3, 0.4) is 0 Å². The van der Waals surface area contributed by atoms with Crippen molar-refractivity contribution in [1.82, 2.24) is 10.2 Å². The molecule has 0 heterocycles. The summed E-state index contributed by atoms with van der Waals surface area (Å²) in [5.74, 6) is -0.776. The number of amides is 2. The van der Waals surface area contributed by atoms with Gasteiger partial charge < -0.3 is 10.2 Å². The normalized spacial score (nSPS) is 12.1. The Labute approximate surface area is 243 Å². The lowest BCUT2D eigenvalue weighted by Gasteiger charge is -2.32. The molecule has 1 N–H and O–H groups in total. The third-order valence-electron chi connectivity index (χ3n) is 6.93. The van der Waals surface area contributed by atoms with E-state index in [9.17, 15) is 18.0 Å². The Morgan fingerprint density at radius 3 is 2.17 bits per heavy atom. The van der Waals surface area contributed by atoms with E-state index in [2.05, 4.69) is 5.32 Å². The molecule has 0 radical (unpaired) electrons. The molecule has 2 amide bonds. The minimum Gasteiger partial charge on any atom is -0.354 e. The van der Waals surface area contributed by atoms with E-state index >= 15 is 0 Å². The quantitative estimate of drug-likeness (QED) is 0.273. The standard InChI is InChI=1S/C31H38ClN3O4S/c1-6-7-18-33-31(37)25(5)34(20-26-11-8-22(2)9-12-26)30(36)21-35(28-15-10-23(3)24(4)19-28)40(38,39)29-16-13-27(32)14-17-29/h8-17,19,25H,6-7,18,20-21H2,1-5H3,(H,33,37)/t25-/m1/s1. The van der Waals surface area contributed by atoms with Gasteiger partial charge in [-0.2, -0.15) is 0 Å². The highest BCUT2D eigenvalue weighted by molar-refractivity contribution is 7.92. The molecule has 7 nitrogen and oxygen atoms in total. The van der Waals surface area contributed by atoms with Crippen LogP contribution in [0.5, 0.6) is 0 Å². The van der Waals surface area contributed by atoms with Gasteiger partial charge in [0.25, 0.3) is 10.0 Å². The topological polar surface area (TPSA) is 86.8 Å². The van der Waals surface area contributed by atoms with Crippen molar-refractivity contribution in [1.29, 1.82) is 0 Å². The first-order valence-corrected chi connectivity index (χ1v) is 15.2. The van der Waals surface area contributed by atoms with E-state index in [1.165, 1.54) is 29.2 Å². The molecular formula is C31H38ClN3O4S. The van der Waals surface area contributed by atoms with Gasteiger partial charge in [-0.25, -0.2) is 8.42 Å². The fraction of sp³-hybridized carbons (Fsp3) is 0.355. The zero-order valence-electron chi connectivity index (χ0n) is 23.8. The van der Waals surface area contributed by atoms with Crippen LogP contribution in [0.15, 0.2) is 71.6 Å². The van der Waals surface area contributed by atoms with Gasteiger partial charge in [0.1, 0.15) is 12.6 Å². The first-order chi connectivity index (χ1) is 18.9. The number of sulfonamides is 1. The van der Waals surface area contributed by atoms with E-state index in [1.807, 2.05) is 58.0 Å². The fourth-order valence-electron chi connectivity index (χ4n) is 4.15. The first kappa shape index (κ1) is 31.2. The summed E-state index contributed by atoms with van der Waals surface area (Å²) < 4.78 is 28.9. The van der Waals surface area contributed by atoms with E-state index in [-0.39, 0.29) is 17.3 Å². The van der Waals surface area contributed by atoms with Crippen molar-refractivity contribution in [3.63, 3.8) is 0 Å². The Morgan fingerprint density at radius 1 is 0.925 bits per heavy atom. The molecule has 0 aliphatic heterocycles. The lowest BCUT2D eigenvalue weighted by Crippen LogP contribution is -2.51. The predicted molar refractivity (Wildman–Crippen MR) is 161 cm³/mol. The first-order valence-electron chi connectivity index (χ1n) is 13.4. The highest BCUT2D eigenvalue weighted by Crippen LogP contribution is 2.27. The van der Waals surface area contributed by atoms with Crippen LogP contribution in [0.4, 0.5) is 5.69 Å². The van der Waals surface area contributed by atoms with Gasteiger partial charge in [0.15, 0.2) is 0 Å². The molecule has 0 saturated heterocycles. The molecule has 9 heteroatoms. The largest absolute Gasteiger partial charge is 0.354 e. The molecule has 0 aliphatic carbocycles. The van der Waals surface area contributed by atoms with E-state index in [0.717, 1.165) is 39.4 Å². The van der Waals surface area contributed by atoms with Gasteiger partial charge in [-0.05, 0) is 87.2 Å². The Morgan fingerprint density at radius 2 is 1.57 bits per heavy atom. The van der Waals surface area contributed by atoms with E-state index in [1.54, 1.807) is 19.1 Å². The summed E-state index contributed by atoms with van der Waals surface area (Å²) in [5.41, 5.74) is 4.16. The lowest BCUT2D eigenvalue weighted by molar-refractivity contribution is -0.139. The van der Waals surface area contributed by atoms with E-state index in [4.69, 9.17) is 11.6 Å². The summed E-state index contributed by atoms with van der Waals surface area (Å²) in [6, 6.07) is 18.0. The van der Waals surface area contributed by atoms with Crippen LogP contribution in [-0.2, 0) is 26.2 Å². The molecular weight excluding hydrogens is 546 g/mol. The van der Waals surface area contributed by atoms with Gasteiger partial charge in [0.2, 0.25) is 11.8 Å². The summed E-state index contributed by atoms with van der Waals surface area (Å²) in [7, 11) is -4.14. The zero-order chi connectivity index (χ0) is 29.4. The second-order valence-electron chi connectivity index (χ2n) is 10.1. The van der Waals surface area contributed by atoms with Crippen LogP contribution < -0.4 is 9.62 Å². The second-order valence-corrected chi connectivity index (χ2v) is 12.4. The number of anilines is 1. The maximum atomic E-state index is 14.0. The van der Waals surface area contributed by atoms with Crippen molar-refractivity contribution < 1.29 is 18.0 Å². The number of hydrogen-bond donors (Lipinski definition) is 1. The molecule has 0 aromatic heterocycles. The summed E-state index contributed by atoms with van der Waals surface area (Å²) >= 11 is 6.01. The third kappa shape index (κ3) is 7.86. The monoisotopic (exact) mass is 583 g/mol. The van der Waals surface area contributed by atoms with Gasteiger partial charge >= 0.3 is 0 Å². The lowest BCUT2D eigenvalue weighted by atomic mass is 10.1. The van der Waals surface area contributed by atoms with Crippen molar-refractivity contribution in [2.45, 2.75) is 64.9 Å². The number of halogens is 1. The molecule has 0 saturated carbocycles. The molecule has 3 aromatic carbocycles. The number of benzene rings is 3. The third-order valence-corrected chi connectivity index (χ3v) is 8.97. The van der Waals surface area contributed by atoms with Crippen molar-refractivity contribution in [2.75, 3.05) is 17.4 Å². The molecule has 3 rings (SSSR count). The van der Waals surface area contributed by atoms with Crippen LogP contribution in [0.25, 0.3) is 0 Å². The SMILES string of the molecule is CCCCNC(=O)[C@@H](C)N(Cc1ccc(C)cc1)C(=O)CN(c1ccc(C)c(C)c1)S(=O)(=O)c1ccc(Cl)cc1. The highest BCUT2D eigenvalue weighted by atomic mass is 35.5.